The Bertz CT molecular complexity index is 1040. The van der Waals surface area contributed by atoms with Gasteiger partial charge in [-0.15, -0.1) is 10.2 Å². The number of amidine groups is 1. The summed E-state index contributed by atoms with van der Waals surface area (Å²) in [4.78, 5) is 24.8. The Kier molecular flexibility index (Phi) is 5.53. The van der Waals surface area contributed by atoms with E-state index in [1.807, 2.05) is 0 Å². The summed E-state index contributed by atoms with van der Waals surface area (Å²) in [5.74, 6) is 0.0453. The second kappa shape index (κ2) is 8.20. The Morgan fingerprint density at radius 3 is 2.71 bits per heavy atom. The largest absolute Gasteiger partial charge is 0.384 e. The van der Waals surface area contributed by atoms with Crippen LogP contribution in [-0.2, 0) is 13.5 Å². The van der Waals surface area contributed by atoms with E-state index in [1.54, 1.807) is 24.3 Å². The average molecular weight is 381 g/mol. The van der Waals surface area contributed by atoms with Gasteiger partial charge in [-0.2, -0.15) is 10.3 Å². The molecule has 11 nitrogen and oxygen atoms in total. The molecule has 0 atom stereocenters. The number of rotatable bonds is 7. The second-order valence-corrected chi connectivity index (χ2v) is 6.05. The van der Waals surface area contributed by atoms with E-state index in [0.717, 1.165) is 4.68 Å². The van der Waals surface area contributed by atoms with E-state index in [2.05, 4.69) is 31.0 Å². The number of nitrogens with two attached hydrogens (primary N) is 1. The van der Waals surface area contributed by atoms with Crippen molar-refractivity contribution in [3.05, 3.63) is 57.6 Å². The minimum atomic E-state index is -0.486. The fourth-order valence-electron chi connectivity index (χ4n) is 2.57. The van der Waals surface area contributed by atoms with Crippen molar-refractivity contribution in [1.29, 1.82) is 5.41 Å². The molecule has 0 saturated heterocycles. The van der Waals surface area contributed by atoms with Crippen molar-refractivity contribution in [2.24, 2.45) is 12.8 Å². The first-order valence-corrected chi connectivity index (χ1v) is 8.49. The number of nitrogens with one attached hydrogen (secondary N) is 3. The van der Waals surface area contributed by atoms with Crippen molar-refractivity contribution >= 4 is 11.7 Å². The number of carbonyl (C=O) groups excluding carboxylic acids is 1. The molecule has 28 heavy (non-hydrogen) atoms. The number of aromatic nitrogens is 6. The summed E-state index contributed by atoms with van der Waals surface area (Å²) in [5, 5.41) is 27.9. The van der Waals surface area contributed by atoms with Crippen LogP contribution >= 0.6 is 0 Å². The topological polar surface area (TPSA) is 168 Å². The molecule has 1 amide bonds. The Morgan fingerprint density at radius 2 is 2.07 bits per heavy atom. The van der Waals surface area contributed by atoms with Gasteiger partial charge in [0, 0.05) is 31.1 Å². The van der Waals surface area contributed by atoms with E-state index in [4.69, 9.17) is 11.1 Å². The number of hydrogen-bond acceptors (Lipinski definition) is 7. The summed E-state index contributed by atoms with van der Waals surface area (Å²) in [7, 11) is 1.49. The molecule has 0 unspecified atom stereocenters. The Balaban J connectivity index is 1.74. The van der Waals surface area contributed by atoms with Gasteiger partial charge < -0.3 is 11.1 Å². The molecule has 144 valence electrons. The molecule has 11 heteroatoms. The summed E-state index contributed by atoms with van der Waals surface area (Å²) >= 11 is 0. The smallest absolute Gasteiger partial charge is 0.279 e. The van der Waals surface area contributed by atoms with E-state index >= 15 is 0 Å². The van der Waals surface area contributed by atoms with Crippen molar-refractivity contribution < 1.29 is 4.79 Å². The zero-order valence-electron chi connectivity index (χ0n) is 15.1. The lowest BCUT2D eigenvalue weighted by Gasteiger charge is -2.09. The highest BCUT2D eigenvalue weighted by molar-refractivity contribution is 5.96. The summed E-state index contributed by atoms with van der Waals surface area (Å²) in [6.45, 7) is 0.363. The van der Waals surface area contributed by atoms with Gasteiger partial charge in [-0.05, 0) is 12.5 Å². The van der Waals surface area contributed by atoms with Crippen LogP contribution in [0.1, 0.15) is 28.2 Å². The van der Waals surface area contributed by atoms with Gasteiger partial charge >= 0.3 is 0 Å². The van der Waals surface area contributed by atoms with Crippen LogP contribution in [0.15, 0.2) is 35.1 Å². The van der Waals surface area contributed by atoms with Gasteiger partial charge in [0.05, 0.1) is 5.69 Å². The van der Waals surface area contributed by atoms with E-state index < -0.39 is 11.5 Å². The number of aromatic amines is 1. The van der Waals surface area contributed by atoms with Crippen LogP contribution in [-0.4, -0.2) is 48.7 Å². The van der Waals surface area contributed by atoms with E-state index in [0.29, 0.717) is 42.0 Å². The summed E-state index contributed by atoms with van der Waals surface area (Å²) in [6.07, 6.45) is 1.16. The number of aryl methyl sites for hydroxylation is 2. The summed E-state index contributed by atoms with van der Waals surface area (Å²) < 4.78 is 1.13. The number of benzene rings is 1. The Labute approximate surface area is 159 Å². The quantitative estimate of drug-likeness (QED) is 0.245. The van der Waals surface area contributed by atoms with Crippen LogP contribution in [0, 0.1) is 5.41 Å². The van der Waals surface area contributed by atoms with Crippen LogP contribution in [0.3, 0.4) is 0 Å². The lowest BCUT2D eigenvalue weighted by atomic mass is 10.1. The average Bonchev–Trinajstić information content (AvgIpc) is 3.20. The molecule has 2 aromatic heterocycles. The second-order valence-electron chi connectivity index (χ2n) is 6.05. The number of nitrogens with zero attached hydrogens (tertiary/aromatic N) is 5. The van der Waals surface area contributed by atoms with E-state index in [9.17, 15) is 9.59 Å². The predicted molar refractivity (Wildman–Crippen MR) is 101 cm³/mol. The third-order valence-electron chi connectivity index (χ3n) is 4.05. The van der Waals surface area contributed by atoms with Crippen LogP contribution in [0.5, 0.6) is 0 Å². The first-order chi connectivity index (χ1) is 13.5. The first kappa shape index (κ1) is 18.9. The lowest BCUT2D eigenvalue weighted by Crippen LogP contribution is -2.34. The van der Waals surface area contributed by atoms with Crippen molar-refractivity contribution in [3.8, 4) is 11.3 Å². The maximum Gasteiger partial charge on any atom is 0.279 e. The zero-order valence-corrected chi connectivity index (χ0v) is 15.1. The monoisotopic (exact) mass is 381 g/mol. The molecular formula is C17H19N9O2. The van der Waals surface area contributed by atoms with Gasteiger partial charge in [0.15, 0.2) is 5.82 Å². The fraction of sp³-hybridized carbons (Fsp3) is 0.235. The van der Waals surface area contributed by atoms with E-state index in [1.165, 1.54) is 13.1 Å². The minimum absolute atomic E-state index is 0.00251. The highest BCUT2D eigenvalue weighted by Crippen LogP contribution is 2.17. The number of amides is 1. The van der Waals surface area contributed by atoms with Gasteiger partial charge in [0.25, 0.3) is 11.5 Å². The van der Waals surface area contributed by atoms with Crippen molar-refractivity contribution in [1.82, 2.24) is 35.7 Å². The SMILES string of the molecule is Cn1nc(-c2ccc(C(=N)N)cc2)cc(C(=O)NCCCc2nn[nH]n2)c1=O. The molecule has 2 heterocycles. The molecular weight excluding hydrogens is 362 g/mol. The third-order valence-corrected chi connectivity index (χ3v) is 4.05. The maximum atomic E-state index is 12.5. The highest BCUT2D eigenvalue weighted by atomic mass is 16.2. The summed E-state index contributed by atoms with van der Waals surface area (Å²) in [6, 6.07) is 8.29. The molecule has 3 aromatic rings. The van der Waals surface area contributed by atoms with E-state index in [-0.39, 0.29) is 11.4 Å². The maximum absolute atomic E-state index is 12.5. The fourth-order valence-corrected chi connectivity index (χ4v) is 2.57. The Hall–Kier alpha value is -3.89. The molecule has 0 radical (unpaired) electrons. The highest BCUT2D eigenvalue weighted by Gasteiger charge is 2.15. The van der Waals surface area contributed by atoms with Crippen LogP contribution in [0.4, 0.5) is 0 Å². The molecule has 0 aliphatic carbocycles. The van der Waals surface area contributed by atoms with Gasteiger partial charge in [-0.1, -0.05) is 29.5 Å². The van der Waals surface area contributed by atoms with Crippen molar-refractivity contribution in [3.63, 3.8) is 0 Å². The number of tetrazole rings is 1. The standard InChI is InChI=1S/C17H19N9O2/c1-26-17(28)12(16(27)20-8-2-3-14-21-24-25-22-14)9-13(23-26)10-4-6-11(7-5-10)15(18)19/h4-7,9H,2-3,8H2,1H3,(H3,18,19)(H,20,27)(H,21,22,24,25). The van der Waals surface area contributed by atoms with Crippen LogP contribution in [0.25, 0.3) is 11.3 Å². The predicted octanol–water partition coefficient (Wildman–Crippen LogP) is -0.393. The first-order valence-electron chi connectivity index (χ1n) is 8.49. The van der Waals surface area contributed by atoms with Gasteiger partial charge in [0.1, 0.15) is 11.4 Å². The molecule has 3 rings (SSSR count). The van der Waals surface area contributed by atoms with Gasteiger partial charge in [-0.3, -0.25) is 15.0 Å². The van der Waals surface area contributed by atoms with Gasteiger partial charge in [0.2, 0.25) is 0 Å². The van der Waals surface area contributed by atoms with Gasteiger partial charge in [-0.25, -0.2) is 4.68 Å². The number of carbonyl (C=O) groups is 1. The number of hydrogen-bond donors (Lipinski definition) is 4. The van der Waals surface area contributed by atoms with Crippen molar-refractivity contribution in [2.75, 3.05) is 6.54 Å². The molecule has 0 aliphatic rings. The molecule has 5 N–H and O–H groups in total. The normalized spacial score (nSPS) is 10.6. The van der Waals surface area contributed by atoms with Crippen molar-refractivity contribution in [2.45, 2.75) is 12.8 Å². The number of nitrogen functional groups attached to an aromatic ring is 1. The summed E-state index contributed by atoms with van der Waals surface area (Å²) in [5.41, 5.74) is 6.72. The molecule has 0 aliphatic heterocycles. The molecule has 0 bridgehead atoms. The molecule has 1 aromatic carbocycles. The number of H-pyrrole nitrogens is 1. The zero-order chi connectivity index (χ0) is 20.1. The van der Waals surface area contributed by atoms with Crippen LogP contribution < -0.4 is 16.6 Å². The Morgan fingerprint density at radius 1 is 1.32 bits per heavy atom. The molecule has 0 saturated carbocycles. The minimum Gasteiger partial charge on any atom is -0.384 e. The molecule has 0 fully saturated rings. The lowest BCUT2D eigenvalue weighted by molar-refractivity contribution is 0.0950. The third kappa shape index (κ3) is 4.26. The van der Waals surface area contributed by atoms with Crippen LogP contribution in [0.2, 0.25) is 0 Å². The molecule has 0 spiro atoms.